The Morgan fingerprint density at radius 2 is 2.05 bits per heavy atom. The molecule has 3 heteroatoms. The second kappa shape index (κ2) is 7.77. The molecule has 2 atom stereocenters. The molecule has 1 heterocycles. The monoisotopic (exact) mass is 276 g/mol. The summed E-state index contributed by atoms with van der Waals surface area (Å²) in [4.78, 5) is 2.58. The summed E-state index contributed by atoms with van der Waals surface area (Å²) in [5.41, 5.74) is 2.71. The lowest BCUT2D eigenvalue weighted by Gasteiger charge is -2.37. The molecule has 0 saturated carbocycles. The fourth-order valence-corrected chi connectivity index (χ4v) is 2.87. The maximum Gasteiger partial charge on any atom is 0.0622 e. The summed E-state index contributed by atoms with van der Waals surface area (Å²) in [7, 11) is 0. The van der Waals surface area contributed by atoms with Crippen LogP contribution in [-0.4, -0.2) is 43.8 Å². The van der Waals surface area contributed by atoms with E-state index >= 15 is 0 Å². The zero-order valence-electron chi connectivity index (χ0n) is 13.1. The van der Waals surface area contributed by atoms with E-state index < -0.39 is 0 Å². The van der Waals surface area contributed by atoms with E-state index in [9.17, 15) is 0 Å². The number of nitrogens with one attached hydrogen (secondary N) is 1. The molecule has 0 bridgehead atoms. The van der Waals surface area contributed by atoms with Crippen molar-refractivity contribution in [1.82, 2.24) is 10.2 Å². The van der Waals surface area contributed by atoms with Gasteiger partial charge in [0.1, 0.15) is 0 Å². The number of benzene rings is 1. The Morgan fingerprint density at radius 1 is 1.30 bits per heavy atom. The van der Waals surface area contributed by atoms with Gasteiger partial charge in [-0.1, -0.05) is 43.7 Å². The van der Waals surface area contributed by atoms with Crippen LogP contribution in [0.15, 0.2) is 24.3 Å². The standard InChI is InChI=1S/C17H28N2O/c1-4-16-13-20-11-10-19(16)12-17(18-5-2)15-8-6-14(3)7-9-15/h6-9,16-18H,4-5,10-13H2,1-3H3. The molecule has 1 aromatic rings. The summed E-state index contributed by atoms with van der Waals surface area (Å²) in [6.45, 7) is 11.4. The van der Waals surface area contributed by atoms with E-state index in [4.69, 9.17) is 4.74 Å². The first-order chi connectivity index (χ1) is 9.74. The maximum atomic E-state index is 5.60. The Bertz CT molecular complexity index is 390. The molecule has 1 fully saturated rings. The van der Waals surface area contributed by atoms with Gasteiger partial charge in [0.25, 0.3) is 0 Å². The molecule has 2 unspecified atom stereocenters. The number of morpholine rings is 1. The highest BCUT2D eigenvalue weighted by molar-refractivity contribution is 5.24. The van der Waals surface area contributed by atoms with Crippen molar-refractivity contribution in [3.63, 3.8) is 0 Å². The van der Waals surface area contributed by atoms with Crippen LogP contribution in [0.5, 0.6) is 0 Å². The summed E-state index contributed by atoms with van der Waals surface area (Å²) < 4.78 is 5.60. The Labute approximate surface area is 123 Å². The normalized spacial score (nSPS) is 21.9. The van der Waals surface area contributed by atoms with E-state index in [1.165, 1.54) is 11.1 Å². The first-order valence-corrected chi connectivity index (χ1v) is 7.86. The number of hydrogen-bond acceptors (Lipinski definition) is 3. The first-order valence-electron chi connectivity index (χ1n) is 7.86. The molecule has 0 aromatic heterocycles. The topological polar surface area (TPSA) is 24.5 Å². The van der Waals surface area contributed by atoms with Crippen molar-refractivity contribution in [2.45, 2.75) is 39.3 Å². The van der Waals surface area contributed by atoms with E-state index in [0.717, 1.165) is 39.3 Å². The highest BCUT2D eigenvalue weighted by atomic mass is 16.5. The average Bonchev–Trinajstić information content (AvgIpc) is 2.48. The van der Waals surface area contributed by atoms with Gasteiger partial charge in [-0.3, -0.25) is 4.90 Å². The third-order valence-electron chi connectivity index (χ3n) is 4.17. The highest BCUT2D eigenvalue weighted by Gasteiger charge is 2.24. The molecular weight excluding hydrogens is 248 g/mol. The Morgan fingerprint density at radius 3 is 2.70 bits per heavy atom. The lowest BCUT2D eigenvalue weighted by atomic mass is 10.0. The van der Waals surface area contributed by atoms with Gasteiger partial charge >= 0.3 is 0 Å². The molecule has 20 heavy (non-hydrogen) atoms. The van der Waals surface area contributed by atoms with Crippen LogP contribution >= 0.6 is 0 Å². The quantitative estimate of drug-likeness (QED) is 0.864. The van der Waals surface area contributed by atoms with Crippen molar-refractivity contribution in [2.24, 2.45) is 0 Å². The summed E-state index contributed by atoms with van der Waals surface area (Å²) in [5, 5.41) is 3.63. The largest absolute Gasteiger partial charge is 0.378 e. The summed E-state index contributed by atoms with van der Waals surface area (Å²) in [6.07, 6.45) is 1.16. The average molecular weight is 276 g/mol. The Balaban J connectivity index is 2.06. The molecule has 3 nitrogen and oxygen atoms in total. The summed E-state index contributed by atoms with van der Waals surface area (Å²) in [5.74, 6) is 0. The van der Waals surface area contributed by atoms with Gasteiger partial charge in [-0.15, -0.1) is 0 Å². The number of hydrogen-bond donors (Lipinski definition) is 1. The molecule has 1 aromatic carbocycles. The van der Waals surface area contributed by atoms with Crippen molar-refractivity contribution >= 4 is 0 Å². The minimum absolute atomic E-state index is 0.410. The van der Waals surface area contributed by atoms with Gasteiger partial charge in [-0.2, -0.15) is 0 Å². The third kappa shape index (κ3) is 4.05. The molecule has 0 amide bonds. The predicted octanol–water partition coefficient (Wildman–Crippen LogP) is 2.76. The third-order valence-corrected chi connectivity index (χ3v) is 4.17. The molecule has 1 aliphatic rings. The van der Waals surface area contributed by atoms with Crippen LogP contribution in [0.2, 0.25) is 0 Å². The van der Waals surface area contributed by atoms with E-state index in [1.54, 1.807) is 0 Å². The van der Waals surface area contributed by atoms with Crippen LogP contribution in [0.1, 0.15) is 37.4 Å². The fraction of sp³-hybridized carbons (Fsp3) is 0.647. The molecule has 1 N–H and O–H groups in total. The molecule has 2 rings (SSSR count). The molecule has 0 aliphatic carbocycles. The van der Waals surface area contributed by atoms with Gasteiger partial charge < -0.3 is 10.1 Å². The van der Waals surface area contributed by atoms with E-state index in [2.05, 4.69) is 55.3 Å². The fourth-order valence-electron chi connectivity index (χ4n) is 2.87. The zero-order valence-corrected chi connectivity index (χ0v) is 13.1. The number of aryl methyl sites for hydroxylation is 1. The lowest BCUT2D eigenvalue weighted by molar-refractivity contribution is -0.0126. The van der Waals surface area contributed by atoms with Crippen LogP contribution in [-0.2, 0) is 4.74 Å². The second-order valence-electron chi connectivity index (χ2n) is 5.65. The minimum atomic E-state index is 0.410. The Kier molecular flexibility index (Phi) is 6.02. The summed E-state index contributed by atoms with van der Waals surface area (Å²) >= 11 is 0. The van der Waals surface area contributed by atoms with Crippen molar-refractivity contribution in [3.05, 3.63) is 35.4 Å². The maximum absolute atomic E-state index is 5.60. The number of nitrogens with zero attached hydrogens (tertiary/aromatic N) is 1. The van der Waals surface area contributed by atoms with E-state index in [1.807, 2.05) is 0 Å². The van der Waals surface area contributed by atoms with Crippen LogP contribution in [0.4, 0.5) is 0 Å². The van der Waals surface area contributed by atoms with Crippen LogP contribution in [0.3, 0.4) is 0 Å². The first kappa shape index (κ1) is 15.5. The zero-order chi connectivity index (χ0) is 14.4. The lowest BCUT2D eigenvalue weighted by Crippen LogP contribution is -2.48. The predicted molar refractivity (Wildman–Crippen MR) is 84.1 cm³/mol. The van der Waals surface area contributed by atoms with Crippen LogP contribution < -0.4 is 5.32 Å². The molecule has 1 aliphatic heterocycles. The highest BCUT2D eigenvalue weighted by Crippen LogP contribution is 2.19. The van der Waals surface area contributed by atoms with Gasteiger partial charge in [0.15, 0.2) is 0 Å². The van der Waals surface area contributed by atoms with Crippen molar-refractivity contribution in [1.29, 1.82) is 0 Å². The molecule has 0 radical (unpaired) electrons. The van der Waals surface area contributed by atoms with Gasteiger partial charge in [0.2, 0.25) is 0 Å². The molecular formula is C17H28N2O. The van der Waals surface area contributed by atoms with Crippen molar-refractivity contribution < 1.29 is 4.74 Å². The number of rotatable bonds is 6. The smallest absolute Gasteiger partial charge is 0.0622 e. The van der Waals surface area contributed by atoms with Gasteiger partial charge in [0.05, 0.1) is 13.2 Å². The molecule has 112 valence electrons. The van der Waals surface area contributed by atoms with E-state index in [-0.39, 0.29) is 0 Å². The van der Waals surface area contributed by atoms with Crippen LogP contribution in [0.25, 0.3) is 0 Å². The minimum Gasteiger partial charge on any atom is -0.378 e. The Hall–Kier alpha value is -0.900. The molecule has 1 saturated heterocycles. The van der Waals surface area contributed by atoms with E-state index in [0.29, 0.717) is 12.1 Å². The SMILES string of the molecule is CCNC(CN1CCOCC1CC)c1ccc(C)cc1. The molecule has 0 spiro atoms. The van der Waals surface area contributed by atoms with Gasteiger partial charge in [-0.05, 0) is 25.5 Å². The number of ether oxygens (including phenoxy) is 1. The van der Waals surface area contributed by atoms with Crippen molar-refractivity contribution in [3.8, 4) is 0 Å². The van der Waals surface area contributed by atoms with Crippen LogP contribution in [0, 0.1) is 6.92 Å². The van der Waals surface area contributed by atoms with Gasteiger partial charge in [0, 0.05) is 25.2 Å². The second-order valence-corrected chi connectivity index (χ2v) is 5.65. The van der Waals surface area contributed by atoms with Gasteiger partial charge in [-0.25, -0.2) is 0 Å². The van der Waals surface area contributed by atoms with Crippen molar-refractivity contribution in [2.75, 3.05) is 32.8 Å². The number of likely N-dealkylation sites (N-methyl/N-ethyl adjacent to an activating group) is 1. The summed E-state index contributed by atoms with van der Waals surface area (Å²) in [6, 6.07) is 9.89.